The van der Waals surface area contributed by atoms with Crippen LogP contribution in [0.4, 0.5) is 0 Å². The summed E-state index contributed by atoms with van der Waals surface area (Å²) in [5.41, 5.74) is 3.74. The second kappa shape index (κ2) is 8.70. The number of hydrogen-bond donors (Lipinski definition) is 0. The van der Waals surface area contributed by atoms with Crippen molar-refractivity contribution in [3.8, 4) is 0 Å². The van der Waals surface area contributed by atoms with Crippen LogP contribution in [0.3, 0.4) is 0 Å². The maximum atomic E-state index is 2.79. The first-order valence-corrected chi connectivity index (χ1v) is 10.00. The van der Waals surface area contributed by atoms with Crippen molar-refractivity contribution in [1.82, 2.24) is 4.90 Å². The van der Waals surface area contributed by atoms with Gasteiger partial charge >= 0.3 is 0 Å². The Hall–Kier alpha value is -0.300. The Labute approximate surface area is 146 Å². The van der Waals surface area contributed by atoms with E-state index in [1.807, 2.05) is 0 Å². The molecule has 1 aliphatic heterocycles. The Morgan fingerprint density at radius 1 is 1.13 bits per heavy atom. The Morgan fingerprint density at radius 2 is 1.74 bits per heavy atom. The molecule has 0 spiro atoms. The number of hydrogen-bond acceptors (Lipinski definition) is 1. The minimum Gasteiger partial charge on any atom is -0.296 e. The van der Waals surface area contributed by atoms with E-state index in [4.69, 9.17) is 0 Å². The summed E-state index contributed by atoms with van der Waals surface area (Å²) in [6.45, 7) is 24.1. The zero-order valence-corrected chi connectivity index (χ0v) is 17.5. The van der Waals surface area contributed by atoms with E-state index in [0.717, 1.165) is 11.8 Å². The van der Waals surface area contributed by atoms with E-state index in [1.54, 1.807) is 11.1 Å². The lowest BCUT2D eigenvalue weighted by Crippen LogP contribution is -2.40. The summed E-state index contributed by atoms with van der Waals surface area (Å²) in [6.07, 6.45) is 5.35. The largest absolute Gasteiger partial charge is 0.296 e. The summed E-state index contributed by atoms with van der Waals surface area (Å²) in [5.74, 6) is 2.28. The van der Waals surface area contributed by atoms with Crippen LogP contribution >= 0.6 is 0 Å². The number of likely N-dealkylation sites (tertiary alicyclic amines) is 1. The Balaban J connectivity index is 2.93. The van der Waals surface area contributed by atoms with Gasteiger partial charge in [0.05, 0.1) is 0 Å². The SMILES string of the molecule is CCC(C)(C)CCC(C)C(/C(C)=C(/C)C(C)C)N1CCC(C)C1. The topological polar surface area (TPSA) is 3.24 Å². The molecule has 0 radical (unpaired) electrons. The van der Waals surface area contributed by atoms with Crippen LogP contribution in [0.15, 0.2) is 11.1 Å². The van der Waals surface area contributed by atoms with Crippen LogP contribution in [0.2, 0.25) is 0 Å². The third-order valence-electron chi connectivity index (χ3n) is 6.55. The number of nitrogens with zero attached hydrogens (tertiary/aromatic N) is 1. The summed E-state index contributed by atoms with van der Waals surface area (Å²) in [5, 5.41) is 0. The second-order valence-electron chi connectivity index (χ2n) is 9.39. The maximum absolute atomic E-state index is 2.79. The summed E-state index contributed by atoms with van der Waals surface area (Å²) in [4.78, 5) is 2.79. The van der Waals surface area contributed by atoms with E-state index in [1.165, 1.54) is 38.8 Å². The fourth-order valence-electron chi connectivity index (χ4n) is 3.92. The Kier molecular flexibility index (Phi) is 7.84. The highest BCUT2D eigenvalue weighted by Gasteiger charge is 2.32. The van der Waals surface area contributed by atoms with Crippen LogP contribution in [0.25, 0.3) is 0 Å². The lowest BCUT2D eigenvalue weighted by atomic mass is 9.79. The molecule has 1 heteroatoms. The van der Waals surface area contributed by atoms with Gasteiger partial charge in [0.25, 0.3) is 0 Å². The molecular weight excluding hydrogens is 278 g/mol. The molecule has 1 heterocycles. The quantitative estimate of drug-likeness (QED) is 0.459. The van der Waals surface area contributed by atoms with Crippen LogP contribution < -0.4 is 0 Å². The van der Waals surface area contributed by atoms with Gasteiger partial charge in [0, 0.05) is 12.6 Å². The maximum Gasteiger partial charge on any atom is 0.0333 e. The third kappa shape index (κ3) is 5.93. The molecule has 136 valence electrons. The molecule has 1 aliphatic rings. The van der Waals surface area contributed by atoms with Crippen LogP contribution in [0, 0.1) is 23.2 Å². The molecule has 1 fully saturated rings. The van der Waals surface area contributed by atoms with Crippen molar-refractivity contribution >= 4 is 0 Å². The molecule has 3 unspecified atom stereocenters. The van der Waals surface area contributed by atoms with Gasteiger partial charge in [-0.25, -0.2) is 0 Å². The molecule has 3 atom stereocenters. The molecule has 0 saturated carbocycles. The van der Waals surface area contributed by atoms with E-state index >= 15 is 0 Å². The van der Waals surface area contributed by atoms with Crippen molar-refractivity contribution in [3.63, 3.8) is 0 Å². The molecule has 0 bridgehead atoms. The minimum absolute atomic E-state index is 0.488. The fraction of sp³-hybridized carbons (Fsp3) is 0.909. The zero-order valence-electron chi connectivity index (χ0n) is 17.5. The van der Waals surface area contributed by atoms with E-state index < -0.39 is 0 Å². The second-order valence-corrected chi connectivity index (χ2v) is 9.39. The van der Waals surface area contributed by atoms with Crippen molar-refractivity contribution in [2.45, 2.75) is 94.0 Å². The molecule has 0 aromatic heterocycles. The third-order valence-corrected chi connectivity index (χ3v) is 6.55. The number of rotatable bonds is 8. The van der Waals surface area contributed by atoms with Crippen molar-refractivity contribution < 1.29 is 0 Å². The van der Waals surface area contributed by atoms with Gasteiger partial charge < -0.3 is 0 Å². The molecule has 0 aromatic rings. The van der Waals surface area contributed by atoms with E-state index in [2.05, 4.69) is 67.2 Å². The average molecular weight is 322 g/mol. The van der Waals surface area contributed by atoms with E-state index in [9.17, 15) is 0 Å². The summed E-state index contributed by atoms with van der Waals surface area (Å²) < 4.78 is 0. The molecule has 1 nitrogen and oxygen atoms in total. The minimum atomic E-state index is 0.488. The molecule has 0 aromatic carbocycles. The van der Waals surface area contributed by atoms with Crippen LogP contribution in [0.1, 0.15) is 88.0 Å². The van der Waals surface area contributed by atoms with E-state index in [0.29, 0.717) is 17.4 Å². The molecule has 0 aliphatic carbocycles. The average Bonchev–Trinajstić information content (AvgIpc) is 2.90. The first-order chi connectivity index (χ1) is 10.6. The molecule has 1 rings (SSSR count). The van der Waals surface area contributed by atoms with Gasteiger partial charge in [0.1, 0.15) is 0 Å². The van der Waals surface area contributed by atoms with Crippen molar-refractivity contribution in [2.75, 3.05) is 13.1 Å². The van der Waals surface area contributed by atoms with Gasteiger partial charge in [-0.2, -0.15) is 0 Å². The summed E-state index contributed by atoms with van der Waals surface area (Å²) in [7, 11) is 0. The first-order valence-electron chi connectivity index (χ1n) is 10.00. The molecular formula is C22H43N. The van der Waals surface area contributed by atoms with Crippen molar-refractivity contribution in [3.05, 3.63) is 11.1 Å². The Morgan fingerprint density at radius 3 is 2.17 bits per heavy atom. The highest BCUT2D eigenvalue weighted by Crippen LogP contribution is 2.35. The molecule has 0 amide bonds. The van der Waals surface area contributed by atoms with Gasteiger partial charge in [-0.3, -0.25) is 4.90 Å². The van der Waals surface area contributed by atoms with Gasteiger partial charge in [-0.1, -0.05) is 66.0 Å². The normalized spacial score (nSPS) is 24.0. The van der Waals surface area contributed by atoms with Crippen molar-refractivity contribution in [2.24, 2.45) is 23.2 Å². The van der Waals surface area contributed by atoms with Gasteiger partial charge in [-0.15, -0.1) is 0 Å². The number of allylic oxidation sites excluding steroid dienone is 1. The van der Waals surface area contributed by atoms with Gasteiger partial charge in [0.15, 0.2) is 0 Å². The first kappa shape index (κ1) is 20.7. The predicted molar refractivity (Wildman–Crippen MR) is 105 cm³/mol. The highest BCUT2D eigenvalue weighted by atomic mass is 15.2. The van der Waals surface area contributed by atoms with E-state index in [-0.39, 0.29) is 0 Å². The van der Waals surface area contributed by atoms with Gasteiger partial charge in [-0.05, 0) is 62.8 Å². The Bertz CT molecular complexity index is 391. The summed E-state index contributed by atoms with van der Waals surface area (Å²) >= 11 is 0. The van der Waals surface area contributed by atoms with Crippen LogP contribution in [-0.2, 0) is 0 Å². The summed E-state index contributed by atoms with van der Waals surface area (Å²) in [6, 6.07) is 0.648. The standard InChI is InChI=1S/C22H43N/c1-10-22(8,9)13-11-18(5)21(20(7)19(6)16(2)3)23-14-12-17(4)15-23/h16-18,21H,10-15H2,1-9H3/b20-19-. The van der Waals surface area contributed by atoms with Crippen LogP contribution in [0.5, 0.6) is 0 Å². The lowest BCUT2D eigenvalue weighted by Gasteiger charge is -2.37. The lowest BCUT2D eigenvalue weighted by molar-refractivity contribution is 0.180. The zero-order chi connectivity index (χ0) is 17.8. The molecule has 0 N–H and O–H groups in total. The van der Waals surface area contributed by atoms with Crippen molar-refractivity contribution in [1.29, 1.82) is 0 Å². The molecule has 23 heavy (non-hydrogen) atoms. The highest BCUT2D eigenvalue weighted by molar-refractivity contribution is 5.19. The monoisotopic (exact) mass is 321 g/mol. The molecule has 1 saturated heterocycles. The fourth-order valence-corrected chi connectivity index (χ4v) is 3.92. The van der Waals surface area contributed by atoms with Gasteiger partial charge in [0.2, 0.25) is 0 Å². The smallest absolute Gasteiger partial charge is 0.0333 e. The predicted octanol–water partition coefficient (Wildman–Crippen LogP) is 6.54. The van der Waals surface area contributed by atoms with Crippen LogP contribution in [-0.4, -0.2) is 24.0 Å².